The summed E-state index contributed by atoms with van der Waals surface area (Å²) in [5.74, 6) is 0.0529. The van der Waals surface area contributed by atoms with Crippen molar-refractivity contribution in [2.75, 3.05) is 0 Å². The molecule has 0 aliphatic rings. The summed E-state index contributed by atoms with van der Waals surface area (Å²) in [5, 5.41) is 3.81. The van der Waals surface area contributed by atoms with E-state index in [1.165, 1.54) is 6.07 Å². The number of aryl methyl sites for hydroxylation is 2. The average Bonchev–Trinajstić information content (AvgIpc) is 2.77. The number of pyridine rings is 1. The molecular formula is C11H10N4O2WY-2. The number of carbonyl (C=O) groups is 1. The molecule has 1 amide bonds. The Hall–Kier alpha value is -0.448. The van der Waals surface area contributed by atoms with Gasteiger partial charge in [0.2, 0.25) is 5.89 Å². The van der Waals surface area contributed by atoms with Crippen LogP contribution in [0, 0.1) is 13.1 Å². The minimum Gasteiger partial charge on any atom is -0.673 e. The Labute approximate surface area is 150 Å². The van der Waals surface area contributed by atoms with Crippen LogP contribution in [0.1, 0.15) is 28.9 Å². The summed E-state index contributed by atoms with van der Waals surface area (Å²) in [6, 6.07) is 1.48. The number of hydrogen-bond acceptors (Lipinski definition) is 5. The van der Waals surface area contributed by atoms with E-state index in [0.29, 0.717) is 29.3 Å². The van der Waals surface area contributed by atoms with E-state index >= 15 is 0 Å². The summed E-state index contributed by atoms with van der Waals surface area (Å²) in [6.07, 6.45) is 3.31. The first kappa shape index (κ1) is 18.6. The number of nitrogens with zero attached hydrogens (tertiary/aromatic N) is 3. The first-order chi connectivity index (χ1) is 8.11. The molecular weight excluding hydrogens is 493 g/mol. The smallest absolute Gasteiger partial charge is 0.225 e. The summed E-state index contributed by atoms with van der Waals surface area (Å²) in [7, 11) is 0. The van der Waals surface area contributed by atoms with Crippen molar-refractivity contribution < 1.29 is 63.1 Å². The number of amides is 1. The van der Waals surface area contributed by atoms with Gasteiger partial charge in [0.1, 0.15) is 5.82 Å². The Kier molecular flexibility index (Phi) is 7.79. The SMILES string of the molecule is CCc1nc(-c2cc(C([NH-])=O)n[c-]c2C)no1.[W].[Y]. The third-order valence-electron chi connectivity index (χ3n) is 2.27. The molecule has 97 valence electrons. The van der Waals surface area contributed by atoms with E-state index in [1.807, 2.05) is 6.92 Å². The molecule has 0 aliphatic heterocycles. The van der Waals surface area contributed by atoms with E-state index < -0.39 is 5.91 Å². The fourth-order valence-electron chi connectivity index (χ4n) is 1.34. The molecule has 2 rings (SSSR count). The van der Waals surface area contributed by atoms with Gasteiger partial charge in [0.25, 0.3) is 0 Å². The van der Waals surface area contributed by atoms with Crippen LogP contribution < -0.4 is 0 Å². The molecule has 8 heteroatoms. The first-order valence-corrected chi connectivity index (χ1v) is 5.10. The summed E-state index contributed by atoms with van der Waals surface area (Å²) < 4.78 is 5.00. The molecule has 6 nitrogen and oxygen atoms in total. The van der Waals surface area contributed by atoms with E-state index in [2.05, 4.69) is 21.3 Å². The molecule has 1 N–H and O–H groups in total. The van der Waals surface area contributed by atoms with Crippen molar-refractivity contribution in [1.82, 2.24) is 15.1 Å². The van der Waals surface area contributed by atoms with Crippen molar-refractivity contribution in [3.05, 3.63) is 35.1 Å². The monoisotopic (exact) mass is 503 g/mol. The maximum Gasteiger partial charge on any atom is 0.225 e. The van der Waals surface area contributed by atoms with Crippen LogP contribution in [0.15, 0.2) is 10.6 Å². The molecule has 2 aromatic rings. The second-order valence-electron chi connectivity index (χ2n) is 3.49. The van der Waals surface area contributed by atoms with Crippen LogP contribution >= 0.6 is 0 Å². The molecule has 0 atom stereocenters. The van der Waals surface area contributed by atoms with Gasteiger partial charge in [-0.25, -0.2) is 4.98 Å². The van der Waals surface area contributed by atoms with Crippen LogP contribution in [0.25, 0.3) is 17.1 Å². The predicted octanol–water partition coefficient (Wildman–Crippen LogP) is 1.99. The standard InChI is InChI=1S/C11H11N4O2.W.Y/c1-3-9-14-11(15-17-9)7-4-8(10(12)16)13-5-6(7)2;;/h4H,3H2,1-2H3,(H2,12,16);;/q-1;;/p-1. The van der Waals surface area contributed by atoms with Gasteiger partial charge in [0.05, 0.1) is 0 Å². The third-order valence-corrected chi connectivity index (χ3v) is 2.27. The van der Waals surface area contributed by atoms with Crippen molar-refractivity contribution >= 4 is 5.91 Å². The fourth-order valence-corrected chi connectivity index (χ4v) is 1.34. The van der Waals surface area contributed by atoms with E-state index in [4.69, 9.17) is 10.3 Å². The van der Waals surface area contributed by atoms with Gasteiger partial charge in [-0.15, -0.1) is 11.6 Å². The van der Waals surface area contributed by atoms with Crippen LogP contribution in [-0.2, 0) is 60.2 Å². The zero-order valence-electron chi connectivity index (χ0n) is 10.4. The molecule has 0 fully saturated rings. The van der Waals surface area contributed by atoms with Crippen LogP contribution in [0.3, 0.4) is 0 Å². The van der Waals surface area contributed by atoms with Gasteiger partial charge in [0, 0.05) is 66.1 Å². The zero-order valence-corrected chi connectivity index (χ0v) is 16.2. The number of nitrogens with one attached hydrogen (secondary N) is 1. The van der Waals surface area contributed by atoms with E-state index in [0.717, 1.165) is 0 Å². The Bertz CT molecular complexity index is 574. The third kappa shape index (κ3) is 4.26. The van der Waals surface area contributed by atoms with Crippen molar-refractivity contribution in [3.8, 4) is 11.4 Å². The van der Waals surface area contributed by atoms with Crippen LogP contribution in [0.4, 0.5) is 0 Å². The summed E-state index contributed by atoms with van der Waals surface area (Å²) in [5.41, 5.74) is 8.34. The van der Waals surface area contributed by atoms with Crippen molar-refractivity contribution in [3.63, 3.8) is 0 Å². The Morgan fingerprint density at radius 1 is 1.53 bits per heavy atom. The van der Waals surface area contributed by atoms with Gasteiger partial charge in [-0.3, -0.25) is 0 Å². The van der Waals surface area contributed by atoms with E-state index in [9.17, 15) is 4.79 Å². The molecule has 0 aromatic carbocycles. The minimum absolute atomic E-state index is 0. The molecule has 0 saturated carbocycles. The maximum atomic E-state index is 10.9. The molecule has 0 bridgehead atoms. The molecule has 2 aromatic heterocycles. The quantitative estimate of drug-likeness (QED) is 0.598. The van der Waals surface area contributed by atoms with Crippen molar-refractivity contribution in [1.29, 1.82) is 0 Å². The molecule has 2 heterocycles. The molecule has 0 unspecified atom stereocenters. The number of aromatic nitrogens is 3. The normalized spacial score (nSPS) is 9.37. The zero-order chi connectivity index (χ0) is 12.4. The molecule has 1 radical (unpaired) electrons. The van der Waals surface area contributed by atoms with Gasteiger partial charge < -0.3 is 20.0 Å². The fraction of sp³-hybridized carbons (Fsp3) is 0.273. The Balaban J connectivity index is 0.00000162. The Morgan fingerprint density at radius 2 is 2.21 bits per heavy atom. The number of carbonyl (C=O) groups excluding carboxylic acids is 1. The van der Waals surface area contributed by atoms with Crippen LogP contribution in [0.2, 0.25) is 0 Å². The van der Waals surface area contributed by atoms with Crippen molar-refractivity contribution in [2.24, 2.45) is 0 Å². The topological polar surface area (TPSA) is 92.7 Å². The molecule has 0 spiro atoms. The maximum absolute atomic E-state index is 10.9. The Morgan fingerprint density at radius 3 is 2.74 bits per heavy atom. The second-order valence-corrected chi connectivity index (χ2v) is 3.49. The van der Waals surface area contributed by atoms with Gasteiger partial charge in [0.15, 0.2) is 0 Å². The average molecular weight is 503 g/mol. The van der Waals surface area contributed by atoms with Crippen LogP contribution in [0.5, 0.6) is 0 Å². The minimum atomic E-state index is -0.860. The largest absolute Gasteiger partial charge is 0.673 e. The van der Waals surface area contributed by atoms with Gasteiger partial charge in [-0.05, 0) is 5.69 Å². The van der Waals surface area contributed by atoms with E-state index in [-0.39, 0.29) is 59.5 Å². The summed E-state index contributed by atoms with van der Waals surface area (Å²) >= 11 is 0. The van der Waals surface area contributed by atoms with E-state index in [1.54, 1.807) is 6.92 Å². The van der Waals surface area contributed by atoms with Gasteiger partial charge in [-0.2, -0.15) is 0 Å². The molecule has 0 aliphatic carbocycles. The second kappa shape index (κ2) is 7.98. The number of rotatable bonds is 3. The summed E-state index contributed by atoms with van der Waals surface area (Å²) in [4.78, 5) is 18.8. The molecule has 0 saturated heterocycles. The summed E-state index contributed by atoms with van der Waals surface area (Å²) in [6.45, 7) is 3.68. The van der Waals surface area contributed by atoms with Gasteiger partial charge in [-0.1, -0.05) is 30.8 Å². The van der Waals surface area contributed by atoms with Crippen LogP contribution in [-0.4, -0.2) is 21.0 Å². The predicted molar refractivity (Wildman–Crippen MR) is 59.1 cm³/mol. The van der Waals surface area contributed by atoms with Crippen molar-refractivity contribution in [2.45, 2.75) is 20.3 Å². The number of hydrogen-bond donors (Lipinski definition) is 0. The molecule has 19 heavy (non-hydrogen) atoms. The first-order valence-electron chi connectivity index (χ1n) is 5.10. The van der Waals surface area contributed by atoms with Gasteiger partial charge >= 0.3 is 0 Å².